The number of hydrogen-bond acceptors (Lipinski definition) is 3. The number of anilines is 2. The summed E-state index contributed by atoms with van der Waals surface area (Å²) in [6.07, 6.45) is 0. The average Bonchev–Trinajstić information content (AvgIpc) is 2.65. The Morgan fingerprint density at radius 2 is 1.85 bits per heavy atom. The highest BCUT2D eigenvalue weighted by Gasteiger charge is 2.23. The smallest absolute Gasteiger partial charge is 0.279 e. The lowest BCUT2D eigenvalue weighted by Gasteiger charge is -2.33. The topological polar surface area (TPSA) is 46.0 Å². The van der Waals surface area contributed by atoms with Gasteiger partial charge in [0.25, 0.3) is 5.91 Å². The van der Waals surface area contributed by atoms with Gasteiger partial charge in [-0.3, -0.25) is 4.79 Å². The van der Waals surface area contributed by atoms with E-state index in [4.69, 9.17) is 16.3 Å². The fraction of sp³-hybridized carbons (Fsp3) is 0.381. The third kappa shape index (κ3) is 4.93. The van der Waals surface area contributed by atoms with Crippen LogP contribution in [0.4, 0.5) is 11.4 Å². The molecule has 0 radical (unpaired) electrons. The van der Waals surface area contributed by atoms with Gasteiger partial charge in [-0.2, -0.15) is 0 Å². The summed E-state index contributed by atoms with van der Waals surface area (Å²) in [6, 6.07) is 12.0. The summed E-state index contributed by atoms with van der Waals surface area (Å²) < 4.78 is 5.21. The minimum absolute atomic E-state index is 0.0109. The molecule has 5 nitrogen and oxygen atoms in total. The van der Waals surface area contributed by atoms with Crippen molar-refractivity contribution in [2.24, 2.45) is 0 Å². The van der Waals surface area contributed by atoms with Crippen LogP contribution in [0.1, 0.15) is 11.1 Å². The Bertz CT molecular complexity index is 777. The number of rotatable bonds is 5. The molecule has 0 bridgehead atoms. The fourth-order valence-corrected chi connectivity index (χ4v) is 3.90. The highest BCUT2D eigenvalue weighted by Crippen LogP contribution is 2.27. The van der Waals surface area contributed by atoms with Crippen LogP contribution in [0.3, 0.4) is 0 Å². The van der Waals surface area contributed by atoms with Crippen LogP contribution < -0.4 is 19.9 Å². The van der Waals surface area contributed by atoms with Gasteiger partial charge in [0.2, 0.25) is 0 Å². The standard InChI is InChI=1S/C21H26ClN3O2/c1-15-12-16(2)21(19(22)13-15)23-20(26)14-24-8-10-25(11-9-24)17-4-6-18(27-3)7-5-17/h4-7,12-13H,8-11,14H2,1-3H3,(H,23,26)/p+1. The highest BCUT2D eigenvalue weighted by molar-refractivity contribution is 6.34. The number of aryl methyl sites for hydroxylation is 2. The normalized spacial score (nSPS) is 14.9. The molecule has 2 aromatic carbocycles. The molecule has 0 aliphatic carbocycles. The van der Waals surface area contributed by atoms with Gasteiger partial charge in [-0.25, -0.2) is 0 Å². The third-order valence-electron chi connectivity index (χ3n) is 5.01. The molecule has 2 aromatic rings. The monoisotopic (exact) mass is 388 g/mol. The number of ether oxygens (including phenoxy) is 1. The van der Waals surface area contributed by atoms with Crippen LogP contribution in [0.5, 0.6) is 5.75 Å². The van der Waals surface area contributed by atoms with E-state index in [0.29, 0.717) is 11.6 Å². The first-order valence-corrected chi connectivity index (χ1v) is 9.63. The van der Waals surface area contributed by atoms with Gasteiger partial charge >= 0.3 is 0 Å². The van der Waals surface area contributed by atoms with E-state index in [0.717, 1.165) is 48.7 Å². The molecular formula is C21H27ClN3O2+. The second-order valence-electron chi connectivity index (χ2n) is 7.10. The number of halogens is 1. The number of carbonyl (C=O) groups excluding carboxylic acids is 1. The summed E-state index contributed by atoms with van der Waals surface area (Å²) in [5, 5.41) is 3.59. The van der Waals surface area contributed by atoms with Gasteiger partial charge in [-0.1, -0.05) is 17.7 Å². The Kier molecular flexibility index (Phi) is 6.24. The molecule has 0 spiro atoms. The van der Waals surface area contributed by atoms with Gasteiger partial charge in [0.1, 0.15) is 5.75 Å². The first-order chi connectivity index (χ1) is 13.0. The molecular weight excluding hydrogens is 362 g/mol. The minimum Gasteiger partial charge on any atom is -0.497 e. The Balaban J connectivity index is 1.52. The zero-order chi connectivity index (χ0) is 19.4. The summed E-state index contributed by atoms with van der Waals surface area (Å²) in [6.45, 7) is 8.14. The van der Waals surface area contributed by atoms with E-state index in [1.165, 1.54) is 10.6 Å². The molecule has 3 rings (SSSR count). The van der Waals surface area contributed by atoms with Crippen molar-refractivity contribution in [2.75, 3.05) is 50.1 Å². The van der Waals surface area contributed by atoms with Crippen molar-refractivity contribution in [1.82, 2.24) is 0 Å². The van der Waals surface area contributed by atoms with Gasteiger partial charge in [0.05, 0.1) is 44.0 Å². The molecule has 2 N–H and O–H groups in total. The zero-order valence-electron chi connectivity index (χ0n) is 16.1. The second-order valence-corrected chi connectivity index (χ2v) is 7.51. The maximum absolute atomic E-state index is 12.5. The summed E-state index contributed by atoms with van der Waals surface area (Å²) >= 11 is 6.29. The maximum atomic E-state index is 12.5. The van der Waals surface area contributed by atoms with Crippen molar-refractivity contribution in [1.29, 1.82) is 0 Å². The molecule has 144 valence electrons. The van der Waals surface area contributed by atoms with Gasteiger partial charge < -0.3 is 19.9 Å². The van der Waals surface area contributed by atoms with Crippen molar-refractivity contribution in [3.05, 3.63) is 52.5 Å². The number of piperazine rings is 1. The Labute approximate surface area is 165 Å². The minimum atomic E-state index is 0.0109. The molecule has 6 heteroatoms. The van der Waals surface area contributed by atoms with Crippen molar-refractivity contribution in [3.8, 4) is 5.75 Å². The van der Waals surface area contributed by atoms with Gasteiger partial charge in [0, 0.05) is 5.69 Å². The lowest BCUT2D eigenvalue weighted by molar-refractivity contribution is -0.892. The molecule has 27 heavy (non-hydrogen) atoms. The fourth-order valence-electron chi connectivity index (χ4n) is 3.54. The van der Waals surface area contributed by atoms with Crippen LogP contribution in [0.15, 0.2) is 36.4 Å². The number of nitrogens with one attached hydrogen (secondary N) is 2. The van der Waals surface area contributed by atoms with E-state index in [1.54, 1.807) is 7.11 Å². The molecule has 1 heterocycles. The van der Waals surface area contributed by atoms with Crippen molar-refractivity contribution in [3.63, 3.8) is 0 Å². The molecule has 1 aliphatic rings. The van der Waals surface area contributed by atoms with Gasteiger partial charge in [-0.05, 0) is 55.3 Å². The molecule has 1 amide bonds. The van der Waals surface area contributed by atoms with Crippen molar-refractivity contribution >= 4 is 28.9 Å². The number of amides is 1. The first kappa shape index (κ1) is 19.5. The molecule has 0 atom stereocenters. The maximum Gasteiger partial charge on any atom is 0.279 e. The molecule has 0 unspecified atom stereocenters. The molecule has 1 aliphatic heterocycles. The molecule has 0 aromatic heterocycles. The third-order valence-corrected chi connectivity index (χ3v) is 5.31. The van der Waals surface area contributed by atoms with Gasteiger partial charge in [0.15, 0.2) is 6.54 Å². The summed E-state index contributed by atoms with van der Waals surface area (Å²) in [5.41, 5.74) is 4.01. The lowest BCUT2D eigenvalue weighted by Crippen LogP contribution is -3.15. The van der Waals surface area contributed by atoms with E-state index < -0.39 is 0 Å². The molecule has 1 fully saturated rings. The van der Waals surface area contributed by atoms with Crippen LogP contribution in [0, 0.1) is 13.8 Å². The molecule has 1 saturated heterocycles. The number of benzene rings is 2. The Morgan fingerprint density at radius 3 is 2.44 bits per heavy atom. The zero-order valence-corrected chi connectivity index (χ0v) is 16.9. The number of carbonyl (C=O) groups is 1. The van der Waals surface area contributed by atoms with E-state index >= 15 is 0 Å². The van der Waals surface area contributed by atoms with Crippen molar-refractivity contribution < 1.29 is 14.4 Å². The van der Waals surface area contributed by atoms with Crippen LogP contribution in [0.25, 0.3) is 0 Å². The van der Waals surface area contributed by atoms with E-state index in [-0.39, 0.29) is 5.91 Å². The predicted octanol–water partition coefficient (Wildman–Crippen LogP) is 2.31. The average molecular weight is 389 g/mol. The van der Waals surface area contributed by atoms with Gasteiger partial charge in [-0.15, -0.1) is 0 Å². The largest absolute Gasteiger partial charge is 0.497 e. The van der Waals surface area contributed by atoms with Crippen LogP contribution in [0.2, 0.25) is 5.02 Å². The van der Waals surface area contributed by atoms with Crippen LogP contribution >= 0.6 is 11.6 Å². The number of methoxy groups -OCH3 is 1. The first-order valence-electron chi connectivity index (χ1n) is 9.25. The number of hydrogen-bond donors (Lipinski definition) is 2. The van der Waals surface area contributed by atoms with Crippen molar-refractivity contribution in [2.45, 2.75) is 13.8 Å². The van der Waals surface area contributed by atoms with E-state index in [9.17, 15) is 4.79 Å². The Hall–Kier alpha value is -2.24. The lowest BCUT2D eigenvalue weighted by atomic mass is 10.1. The van der Waals surface area contributed by atoms with E-state index in [2.05, 4.69) is 22.3 Å². The number of nitrogens with zero attached hydrogens (tertiary/aromatic N) is 1. The molecule has 0 saturated carbocycles. The summed E-state index contributed by atoms with van der Waals surface area (Å²) in [7, 11) is 1.67. The van der Waals surface area contributed by atoms with E-state index in [1.807, 2.05) is 38.1 Å². The predicted molar refractivity (Wildman–Crippen MR) is 110 cm³/mol. The highest BCUT2D eigenvalue weighted by atomic mass is 35.5. The van der Waals surface area contributed by atoms with Crippen LogP contribution in [-0.2, 0) is 4.79 Å². The SMILES string of the molecule is COc1ccc(N2CC[NH+](CC(=O)Nc3c(C)cc(C)cc3Cl)CC2)cc1. The summed E-state index contributed by atoms with van der Waals surface area (Å²) in [4.78, 5) is 16.1. The second kappa shape index (κ2) is 8.63. The quantitative estimate of drug-likeness (QED) is 0.826. The summed E-state index contributed by atoms with van der Waals surface area (Å²) in [5.74, 6) is 0.876. The van der Waals surface area contributed by atoms with Crippen LogP contribution in [-0.4, -0.2) is 45.7 Å². The Morgan fingerprint density at radius 1 is 1.19 bits per heavy atom. The number of quaternary nitrogens is 1.